The lowest BCUT2D eigenvalue weighted by molar-refractivity contribution is -0.121. The number of carbonyl (C=O) groups excluding carboxylic acids is 1. The van der Waals surface area contributed by atoms with Crippen LogP contribution in [0.1, 0.15) is 47.5 Å². The molecular weight excluding hydrogens is 226 g/mol. The Labute approximate surface area is 113 Å². The van der Waals surface area contributed by atoms with Crippen molar-refractivity contribution in [3.8, 4) is 0 Å². The average molecular weight is 257 g/mol. The van der Waals surface area contributed by atoms with Gasteiger partial charge in [-0.15, -0.1) is 0 Å². The zero-order chi connectivity index (χ0) is 14.2. The molecule has 0 bridgehead atoms. The van der Waals surface area contributed by atoms with Gasteiger partial charge < -0.3 is 15.5 Å². The zero-order valence-electron chi connectivity index (χ0n) is 13.0. The van der Waals surface area contributed by atoms with E-state index in [2.05, 4.69) is 43.4 Å². The van der Waals surface area contributed by atoms with Crippen LogP contribution in [0.5, 0.6) is 0 Å². The van der Waals surface area contributed by atoms with E-state index in [4.69, 9.17) is 0 Å². The van der Waals surface area contributed by atoms with Gasteiger partial charge in [0.25, 0.3) is 0 Å². The number of nitrogens with one attached hydrogen (secondary N) is 2. The Kier molecular flexibility index (Phi) is 8.20. The third kappa shape index (κ3) is 8.48. The Hall–Kier alpha value is -0.610. The Morgan fingerprint density at radius 2 is 1.94 bits per heavy atom. The molecule has 0 aliphatic carbocycles. The molecule has 0 aliphatic heterocycles. The van der Waals surface area contributed by atoms with Gasteiger partial charge in [0, 0.05) is 11.6 Å². The second-order valence-electron chi connectivity index (χ2n) is 5.89. The summed E-state index contributed by atoms with van der Waals surface area (Å²) >= 11 is 0. The van der Waals surface area contributed by atoms with Gasteiger partial charge in [0.05, 0.1) is 6.54 Å². The lowest BCUT2D eigenvalue weighted by Gasteiger charge is -2.24. The first kappa shape index (κ1) is 17.4. The largest absolute Gasteiger partial charge is 0.350 e. The highest BCUT2D eigenvalue weighted by Gasteiger charge is 2.16. The maximum atomic E-state index is 11.6. The van der Waals surface area contributed by atoms with Crippen molar-refractivity contribution in [2.24, 2.45) is 0 Å². The van der Waals surface area contributed by atoms with Crippen molar-refractivity contribution in [1.82, 2.24) is 15.5 Å². The summed E-state index contributed by atoms with van der Waals surface area (Å²) in [6, 6.07) is 0.582. The smallest absolute Gasteiger partial charge is 0.234 e. The molecule has 108 valence electrons. The molecule has 0 aromatic heterocycles. The monoisotopic (exact) mass is 257 g/mol. The molecule has 1 amide bonds. The highest BCUT2D eigenvalue weighted by Crippen LogP contribution is 2.05. The summed E-state index contributed by atoms with van der Waals surface area (Å²) < 4.78 is 0. The van der Waals surface area contributed by atoms with E-state index in [-0.39, 0.29) is 11.4 Å². The second kappa shape index (κ2) is 8.48. The van der Waals surface area contributed by atoms with Crippen LogP contribution in [0.15, 0.2) is 0 Å². The summed E-state index contributed by atoms with van der Waals surface area (Å²) in [6.07, 6.45) is 2.01. The average Bonchev–Trinajstić information content (AvgIpc) is 2.27. The molecule has 2 N–H and O–H groups in total. The maximum absolute atomic E-state index is 11.6. The summed E-state index contributed by atoms with van der Waals surface area (Å²) in [6.45, 7) is 12.9. The van der Waals surface area contributed by atoms with E-state index in [1.165, 1.54) is 0 Å². The predicted molar refractivity (Wildman–Crippen MR) is 77.8 cm³/mol. The van der Waals surface area contributed by atoms with E-state index in [1.54, 1.807) is 0 Å². The quantitative estimate of drug-likeness (QED) is 0.617. The highest BCUT2D eigenvalue weighted by atomic mass is 16.2. The molecule has 0 rings (SSSR count). The second-order valence-corrected chi connectivity index (χ2v) is 5.89. The molecule has 0 aromatic rings. The summed E-state index contributed by atoms with van der Waals surface area (Å²) in [4.78, 5) is 13.9. The van der Waals surface area contributed by atoms with Crippen molar-refractivity contribution in [2.45, 2.75) is 59.0 Å². The van der Waals surface area contributed by atoms with E-state index in [0.29, 0.717) is 12.6 Å². The van der Waals surface area contributed by atoms with E-state index in [0.717, 1.165) is 25.9 Å². The van der Waals surface area contributed by atoms with Crippen molar-refractivity contribution in [3.63, 3.8) is 0 Å². The molecule has 0 spiro atoms. The van der Waals surface area contributed by atoms with Crippen LogP contribution in [0.2, 0.25) is 0 Å². The van der Waals surface area contributed by atoms with Crippen LogP contribution in [0.3, 0.4) is 0 Å². The third-order valence-electron chi connectivity index (χ3n) is 3.39. The molecule has 0 radical (unpaired) electrons. The fourth-order valence-electron chi connectivity index (χ4n) is 1.42. The number of hydrogen-bond donors (Lipinski definition) is 2. The van der Waals surface area contributed by atoms with E-state index < -0.39 is 0 Å². The SMILES string of the molecule is CCC(C)(C)NC(=O)CNCCCN(C)C(C)C. The third-order valence-corrected chi connectivity index (χ3v) is 3.39. The minimum Gasteiger partial charge on any atom is -0.350 e. The van der Waals surface area contributed by atoms with Gasteiger partial charge in [-0.2, -0.15) is 0 Å². The van der Waals surface area contributed by atoms with Gasteiger partial charge in [0.15, 0.2) is 0 Å². The number of rotatable bonds is 9. The maximum Gasteiger partial charge on any atom is 0.234 e. The predicted octanol–water partition coefficient (Wildman–Crippen LogP) is 1.61. The van der Waals surface area contributed by atoms with Gasteiger partial charge in [-0.1, -0.05) is 6.92 Å². The van der Waals surface area contributed by atoms with Crippen molar-refractivity contribution < 1.29 is 4.79 Å². The standard InChI is InChI=1S/C14H31N3O/c1-7-14(4,5)16-13(18)11-15-9-8-10-17(6)12(2)3/h12,15H,7-11H2,1-6H3,(H,16,18). The van der Waals surface area contributed by atoms with Crippen molar-refractivity contribution in [3.05, 3.63) is 0 Å². The van der Waals surface area contributed by atoms with Crippen LogP contribution in [-0.4, -0.2) is 49.1 Å². The summed E-state index contributed by atoms with van der Waals surface area (Å²) in [5, 5.41) is 6.20. The van der Waals surface area contributed by atoms with Crippen LogP contribution < -0.4 is 10.6 Å². The Morgan fingerprint density at radius 3 is 2.44 bits per heavy atom. The lowest BCUT2D eigenvalue weighted by Crippen LogP contribution is -2.46. The van der Waals surface area contributed by atoms with Gasteiger partial charge in [-0.05, 0) is 60.7 Å². The zero-order valence-corrected chi connectivity index (χ0v) is 13.0. The number of carbonyl (C=O) groups is 1. The van der Waals surface area contributed by atoms with Crippen molar-refractivity contribution in [1.29, 1.82) is 0 Å². The number of nitrogens with zero attached hydrogens (tertiary/aromatic N) is 1. The summed E-state index contributed by atoms with van der Waals surface area (Å²) in [5.74, 6) is 0.0825. The molecule has 0 atom stereocenters. The first-order valence-corrected chi connectivity index (χ1v) is 7.00. The fourth-order valence-corrected chi connectivity index (χ4v) is 1.42. The first-order chi connectivity index (χ1) is 8.28. The molecule has 0 heterocycles. The van der Waals surface area contributed by atoms with Crippen molar-refractivity contribution in [2.75, 3.05) is 26.7 Å². The topological polar surface area (TPSA) is 44.4 Å². The van der Waals surface area contributed by atoms with Crippen LogP contribution in [0.25, 0.3) is 0 Å². The van der Waals surface area contributed by atoms with Crippen LogP contribution in [0.4, 0.5) is 0 Å². The Bertz CT molecular complexity index is 239. The Balaban J connectivity index is 3.58. The first-order valence-electron chi connectivity index (χ1n) is 7.00. The minimum atomic E-state index is -0.101. The summed E-state index contributed by atoms with van der Waals surface area (Å²) in [7, 11) is 2.13. The molecule has 0 aromatic carbocycles. The molecule has 0 unspecified atom stereocenters. The highest BCUT2D eigenvalue weighted by molar-refractivity contribution is 5.78. The van der Waals surface area contributed by atoms with Gasteiger partial charge in [0.2, 0.25) is 5.91 Å². The van der Waals surface area contributed by atoms with Crippen LogP contribution in [-0.2, 0) is 4.79 Å². The molecule has 4 heteroatoms. The van der Waals surface area contributed by atoms with Gasteiger partial charge >= 0.3 is 0 Å². The molecule has 0 saturated carbocycles. The summed E-state index contributed by atoms with van der Waals surface area (Å²) in [5.41, 5.74) is -0.101. The molecule has 0 aliphatic rings. The Morgan fingerprint density at radius 1 is 1.33 bits per heavy atom. The number of hydrogen-bond acceptors (Lipinski definition) is 3. The van der Waals surface area contributed by atoms with Gasteiger partial charge in [-0.3, -0.25) is 4.79 Å². The van der Waals surface area contributed by atoms with Crippen LogP contribution in [0, 0.1) is 0 Å². The van der Waals surface area contributed by atoms with Gasteiger partial charge in [0.1, 0.15) is 0 Å². The lowest BCUT2D eigenvalue weighted by atomic mass is 10.0. The molecule has 4 nitrogen and oxygen atoms in total. The van der Waals surface area contributed by atoms with E-state index in [9.17, 15) is 4.79 Å². The molecular formula is C14H31N3O. The fraction of sp³-hybridized carbons (Fsp3) is 0.929. The van der Waals surface area contributed by atoms with Crippen molar-refractivity contribution >= 4 is 5.91 Å². The minimum absolute atomic E-state index is 0.0825. The molecule has 0 saturated heterocycles. The molecule has 18 heavy (non-hydrogen) atoms. The normalized spacial score (nSPS) is 12.2. The number of amides is 1. The van der Waals surface area contributed by atoms with E-state index in [1.807, 2.05) is 13.8 Å². The molecule has 0 fully saturated rings. The van der Waals surface area contributed by atoms with Gasteiger partial charge in [-0.25, -0.2) is 0 Å². The van der Waals surface area contributed by atoms with Crippen LogP contribution >= 0.6 is 0 Å². The van der Waals surface area contributed by atoms with E-state index >= 15 is 0 Å².